The van der Waals surface area contributed by atoms with Gasteiger partial charge in [0.1, 0.15) is 0 Å². The molecule has 1 rings (SSSR count). The third-order valence-corrected chi connectivity index (χ3v) is 3.64. The predicted octanol–water partition coefficient (Wildman–Crippen LogP) is 2.45. The Morgan fingerprint density at radius 3 is 2.76 bits per heavy atom. The van der Waals surface area contributed by atoms with E-state index in [4.69, 9.17) is 5.73 Å². The summed E-state index contributed by atoms with van der Waals surface area (Å²) in [5.74, 6) is -0.0475. The van der Waals surface area contributed by atoms with E-state index in [0.717, 1.165) is 12.0 Å². The Morgan fingerprint density at radius 1 is 1.47 bits per heavy atom. The van der Waals surface area contributed by atoms with E-state index in [0.29, 0.717) is 23.0 Å². The first-order chi connectivity index (χ1) is 8.02. The minimum absolute atomic E-state index is 0.0475. The summed E-state index contributed by atoms with van der Waals surface area (Å²) in [7, 11) is 0. The maximum atomic E-state index is 11.8. The van der Waals surface area contributed by atoms with E-state index in [1.807, 2.05) is 19.1 Å². The summed E-state index contributed by atoms with van der Waals surface area (Å²) >= 11 is 1.81. The van der Waals surface area contributed by atoms with Gasteiger partial charge in [0.2, 0.25) is 0 Å². The molecule has 0 saturated carbocycles. The smallest absolute Gasteiger partial charge is 0.251 e. The molecule has 1 amide bonds. The van der Waals surface area contributed by atoms with Crippen molar-refractivity contribution >= 4 is 23.4 Å². The number of nitrogen functional groups attached to an aromatic ring is 1. The van der Waals surface area contributed by atoms with Gasteiger partial charge in [-0.3, -0.25) is 4.79 Å². The van der Waals surface area contributed by atoms with Crippen LogP contribution in [0.3, 0.4) is 0 Å². The number of benzene rings is 1. The molecule has 94 valence electrons. The molecule has 3 nitrogen and oxygen atoms in total. The van der Waals surface area contributed by atoms with Crippen molar-refractivity contribution in [1.82, 2.24) is 5.32 Å². The van der Waals surface area contributed by atoms with Crippen molar-refractivity contribution < 1.29 is 4.79 Å². The van der Waals surface area contributed by atoms with Crippen LogP contribution in [-0.2, 0) is 0 Å². The Labute approximate surface area is 107 Å². The van der Waals surface area contributed by atoms with E-state index in [1.54, 1.807) is 17.8 Å². The van der Waals surface area contributed by atoms with Crippen molar-refractivity contribution in [3.05, 3.63) is 29.3 Å². The lowest BCUT2D eigenvalue weighted by molar-refractivity contribution is 0.0953. The quantitative estimate of drug-likeness (QED) is 0.791. The van der Waals surface area contributed by atoms with Gasteiger partial charge in [0, 0.05) is 23.0 Å². The summed E-state index contributed by atoms with van der Waals surface area (Å²) in [6, 6.07) is 5.41. The number of aryl methyl sites for hydroxylation is 1. The maximum absolute atomic E-state index is 11.8. The number of rotatable bonds is 5. The molecule has 0 spiro atoms. The zero-order valence-electron chi connectivity index (χ0n) is 10.6. The number of anilines is 1. The Morgan fingerprint density at radius 2 is 2.18 bits per heavy atom. The van der Waals surface area contributed by atoms with E-state index < -0.39 is 0 Å². The normalized spacial score (nSPS) is 12.2. The molecule has 0 fully saturated rings. The van der Waals surface area contributed by atoms with Crippen molar-refractivity contribution in [2.45, 2.75) is 25.5 Å². The van der Waals surface area contributed by atoms with Gasteiger partial charge in [0.15, 0.2) is 0 Å². The van der Waals surface area contributed by atoms with Gasteiger partial charge in [0.05, 0.1) is 0 Å². The van der Waals surface area contributed by atoms with Crippen LogP contribution in [0.4, 0.5) is 5.69 Å². The molecule has 0 aliphatic rings. The van der Waals surface area contributed by atoms with Crippen LogP contribution in [0.25, 0.3) is 0 Å². The van der Waals surface area contributed by atoms with Crippen LogP contribution in [-0.4, -0.2) is 24.0 Å². The second-order valence-corrected chi connectivity index (χ2v) is 5.50. The lowest BCUT2D eigenvalue weighted by Gasteiger charge is -2.10. The second kappa shape index (κ2) is 6.55. The zero-order valence-corrected chi connectivity index (χ0v) is 11.4. The number of hydrogen-bond acceptors (Lipinski definition) is 3. The summed E-state index contributed by atoms with van der Waals surface area (Å²) in [5, 5.41) is 3.48. The summed E-state index contributed by atoms with van der Waals surface area (Å²) in [4.78, 5) is 11.8. The maximum Gasteiger partial charge on any atom is 0.251 e. The van der Waals surface area contributed by atoms with E-state index in [1.165, 1.54) is 0 Å². The van der Waals surface area contributed by atoms with Crippen molar-refractivity contribution in [2.75, 3.05) is 18.5 Å². The molecule has 1 aromatic rings. The van der Waals surface area contributed by atoms with E-state index >= 15 is 0 Å². The second-order valence-electron chi connectivity index (χ2n) is 4.22. The van der Waals surface area contributed by atoms with Crippen LogP contribution in [0.15, 0.2) is 18.2 Å². The van der Waals surface area contributed by atoms with Gasteiger partial charge in [-0.1, -0.05) is 6.92 Å². The molecule has 0 saturated heterocycles. The number of thioether (sulfide) groups is 1. The number of nitrogens with two attached hydrogens (primary N) is 1. The number of carbonyl (C=O) groups excluding carboxylic acids is 1. The molecule has 1 atom stereocenters. The lowest BCUT2D eigenvalue weighted by Crippen LogP contribution is -2.26. The SMILES string of the molecule is CSC(C)CCNC(=O)c1cc(C)cc(N)c1. The number of carbonyl (C=O) groups is 1. The van der Waals surface area contributed by atoms with E-state index in [2.05, 4.69) is 18.5 Å². The van der Waals surface area contributed by atoms with Crippen LogP contribution < -0.4 is 11.1 Å². The molecule has 0 aliphatic heterocycles. The van der Waals surface area contributed by atoms with E-state index in [9.17, 15) is 4.79 Å². The fourth-order valence-corrected chi connectivity index (χ4v) is 1.91. The van der Waals surface area contributed by atoms with Gasteiger partial charge in [-0.25, -0.2) is 0 Å². The Balaban J connectivity index is 2.52. The van der Waals surface area contributed by atoms with Gasteiger partial charge >= 0.3 is 0 Å². The molecule has 0 radical (unpaired) electrons. The van der Waals surface area contributed by atoms with Crippen LogP contribution in [0.2, 0.25) is 0 Å². The fourth-order valence-electron chi connectivity index (χ4n) is 1.55. The minimum Gasteiger partial charge on any atom is -0.399 e. The highest BCUT2D eigenvalue weighted by molar-refractivity contribution is 7.99. The van der Waals surface area contributed by atoms with Crippen LogP contribution in [0.5, 0.6) is 0 Å². The standard InChI is InChI=1S/C13H20N2OS/c1-9-6-11(8-12(14)7-9)13(16)15-5-4-10(2)17-3/h6-8,10H,4-5,14H2,1-3H3,(H,15,16). The first-order valence-electron chi connectivity index (χ1n) is 5.71. The summed E-state index contributed by atoms with van der Waals surface area (Å²) in [6.45, 7) is 4.79. The average molecular weight is 252 g/mol. The van der Waals surface area contributed by atoms with Gasteiger partial charge in [-0.15, -0.1) is 0 Å². The Bertz CT molecular complexity index is 373. The van der Waals surface area contributed by atoms with Crippen LogP contribution in [0.1, 0.15) is 29.3 Å². The molecule has 0 aliphatic carbocycles. The Kier molecular flexibility index (Phi) is 5.35. The molecule has 4 heteroatoms. The van der Waals surface area contributed by atoms with Gasteiger partial charge < -0.3 is 11.1 Å². The van der Waals surface area contributed by atoms with Crippen LogP contribution in [0, 0.1) is 6.92 Å². The monoisotopic (exact) mass is 252 g/mol. The fraction of sp³-hybridized carbons (Fsp3) is 0.462. The molecule has 3 N–H and O–H groups in total. The molecule has 0 heterocycles. The summed E-state index contributed by atoms with van der Waals surface area (Å²) in [6.07, 6.45) is 3.06. The molecule has 1 unspecified atom stereocenters. The first-order valence-corrected chi connectivity index (χ1v) is 7.00. The number of amides is 1. The zero-order chi connectivity index (χ0) is 12.8. The largest absolute Gasteiger partial charge is 0.399 e. The van der Waals surface area contributed by atoms with Gasteiger partial charge in [-0.05, 0) is 43.4 Å². The molecular weight excluding hydrogens is 232 g/mol. The van der Waals surface area contributed by atoms with Crippen molar-refractivity contribution in [1.29, 1.82) is 0 Å². The van der Waals surface area contributed by atoms with Gasteiger partial charge in [0.25, 0.3) is 5.91 Å². The highest BCUT2D eigenvalue weighted by Crippen LogP contribution is 2.12. The van der Waals surface area contributed by atoms with Crippen molar-refractivity contribution in [3.63, 3.8) is 0 Å². The molecular formula is C13H20N2OS. The predicted molar refractivity (Wildman–Crippen MR) is 75.5 cm³/mol. The molecule has 0 bridgehead atoms. The minimum atomic E-state index is -0.0475. The Hall–Kier alpha value is -1.16. The average Bonchev–Trinajstić information content (AvgIpc) is 2.27. The molecule has 0 aromatic heterocycles. The highest BCUT2D eigenvalue weighted by atomic mass is 32.2. The van der Waals surface area contributed by atoms with Crippen molar-refractivity contribution in [3.8, 4) is 0 Å². The number of nitrogens with one attached hydrogen (secondary N) is 1. The first kappa shape index (κ1) is 13.9. The molecule has 1 aromatic carbocycles. The third-order valence-electron chi connectivity index (χ3n) is 2.60. The summed E-state index contributed by atoms with van der Waals surface area (Å²) in [5.41, 5.74) is 7.99. The summed E-state index contributed by atoms with van der Waals surface area (Å²) < 4.78 is 0. The third kappa shape index (κ3) is 4.69. The number of hydrogen-bond donors (Lipinski definition) is 2. The van der Waals surface area contributed by atoms with Gasteiger partial charge in [-0.2, -0.15) is 11.8 Å². The highest BCUT2D eigenvalue weighted by Gasteiger charge is 2.07. The lowest BCUT2D eigenvalue weighted by atomic mass is 10.1. The van der Waals surface area contributed by atoms with Crippen LogP contribution >= 0.6 is 11.8 Å². The van der Waals surface area contributed by atoms with Crippen molar-refractivity contribution in [2.24, 2.45) is 0 Å². The molecule has 17 heavy (non-hydrogen) atoms. The van der Waals surface area contributed by atoms with E-state index in [-0.39, 0.29) is 5.91 Å². The topological polar surface area (TPSA) is 55.1 Å².